The van der Waals surface area contributed by atoms with Gasteiger partial charge in [-0.05, 0) is 38.0 Å². The number of hydrogen-bond acceptors (Lipinski definition) is 7. The molecule has 0 spiro atoms. The number of anilines is 1. The Kier molecular flexibility index (Phi) is 6.85. The van der Waals surface area contributed by atoms with Gasteiger partial charge in [0.15, 0.2) is 5.13 Å². The zero-order valence-electron chi connectivity index (χ0n) is 19.9. The SMILES string of the molecule is C=CCOC(=O)c1sc(N2C(=O)C(=O)C(=C(O)c3ccc(C)c(F)c3)C2c2ccc(C)cc2)nc1C. The fourth-order valence-corrected chi connectivity index (χ4v) is 4.85. The zero-order chi connectivity index (χ0) is 26.1. The lowest BCUT2D eigenvalue weighted by Crippen LogP contribution is -2.29. The molecule has 2 aromatic carbocycles. The highest BCUT2D eigenvalue weighted by Crippen LogP contribution is 2.44. The lowest BCUT2D eigenvalue weighted by Gasteiger charge is -2.23. The number of Topliss-reactive ketones (excluding diaryl/α,β-unsaturated/α-hetero) is 1. The maximum absolute atomic E-state index is 14.3. The van der Waals surface area contributed by atoms with Gasteiger partial charge in [-0.2, -0.15) is 0 Å². The fourth-order valence-electron chi connectivity index (χ4n) is 3.86. The van der Waals surface area contributed by atoms with E-state index in [9.17, 15) is 23.9 Å². The van der Waals surface area contributed by atoms with Crippen molar-refractivity contribution in [3.8, 4) is 0 Å². The number of ether oxygens (including phenoxy) is 1. The second kappa shape index (κ2) is 9.87. The number of halogens is 1. The molecule has 1 atom stereocenters. The third-order valence-electron chi connectivity index (χ3n) is 5.79. The summed E-state index contributed by atoms with van der Waals surface area (Å²) in [6.07, 6.45) is 1.43. The first-order valence-electron chi connectivity index (χ1n) is 11.0. The minimum Gasteiger partial charge on any atom is -0.507 e. The molecule has 9 heteroatoms. The number of thiazole rings is 1. The topological polar surface area (TPSA) is 96.8 Å². The molecule has 1 unspecified atom stereocenters. The summed E-state index contributed by atoms with van der Waals surface area (Å²) in [4.78, 5) is 44.7. The zero-order valence-corrected chi connectivity index (χ0v) is 20.7. The molecule has 36 heavy (non-hydrogen) atoms. The molecule has 1 aliphatic rings. The fraction of sp³-hybridized carbons (Fsp3) is 0.185. The van der Waals surface area contributed by atoms with E-state index < -0.39 is 35.3 Å². The summed E-state index contributed by atoms with van der Waals surface area (Å²) >= 11 is 0.905. The van der Waals surface area contributed by atoms with E-state index in [2.05, 4.69) is 11.6 Å². The maximum atomic E-state index is 14.3. The molecule has 1 N–H and O–H groups in total. The second-order valence-corrected chi connectivity index (χ2v) is 9.32. The number of aromatic nitrogens is 1. The lowest BCUT2D eigenvalue weighted by atomic mass is 9.94. The predicted molar refractivity (Wildman–Crippen MR) is 134 cm³/mol. The van der Waals surface area contributed by atoms with E-state index in [4.69, 9.17) is 4.74 Å². The molecule has 1 amide bonds. The van der Waals surface area contributed by atoms with Crippen LogP contribution in [-0.4, -0.2) is 34.4 Å². The van der Waals surface area contributed by atoms with Gasteiger partial charge in [0.1, 0.15) is 23.1 Å². The molecule has 1 aliphatic heterocycles. The molecular formula is C27H23FN2O5S. The lowest BCUT2D eigenvalue weighted by molar-refractivity contribution is -0.132. The van der Waals surface area contributed by atoms with Crippen LogP contribution >= 0.6 is 11.3 Å². The van der Waals surface area contributed by atoms with Gasteiger partial charge in [-0.1, -0.05) is 66.0 Å². The molecule has 2 heterocycles. The van der Waals surface area contributed by atoms with Gasteiger partial charge in [0, 0.05) is 5.56 Å². The first-order chi connectivity index (χ1) is 17.1. The van der Waals surface area contributed by atoms with Crippen LogP contribution in [0.1, 0.15) is 43.7 Å². The van der Waals surface area contributed by atoms with Crippen molar-refractivity contribution in [1.29, 1.82) is 0 Å². The molecular weight excluding hydrogens is 483 g/mol. The number of hydrogen-bond donors (Lipinski definition) is 1. The summed E-state index contributed by atoms with van der Waals surface area (Å²) < 4.78 is 19.4. The Morgan fingerprint density at radius 2 is 1.89 bits per heavy atom. The molecule has 184 valence electrons. The van der Waals surface area contributed by atoms with Crippen molar-refractivity contribution < 1.29 is 28.6 Å². The Hall–Kier alpha value is -4.11. The number of carbonyl (C=O) groups excluding carboxylic acids is 3. The first kappa shape index (κ1) is 25.0. The highest BCUT2D eigenvalue weighted by molar-refractivity contribution is 7.17. The molecule has 1 saturated heterocycles. The number of rotatable bonds is 6. The molecule has 0 saturated carbocycles. The minimum absolute atomic E-state index is 0.00645. The normalized spacial score (nSPS) is 16.9. The number of benzene rings is 2. The van der Waals surface area contributed by atoms with Crippen LogP contribution in [0.5, 0.6) is 0 Å². The average molecular weight is 507 g/mol. The van der Waals surface area contributed by atoms with Crippen LogP contribution in [0.15, 0.2) is 60.7 Å². The molecule has 7 nitrogen and oxygen atoms in total. The number of esters is 1. The van der Waals surface area contributed by atoms with Crippen molar-refractivity contribution in [2.75, 3.05) is 11.5 Å². The number of aliphatic hydroxyl groups is 1. The van der Waals surface area contributed by atoms with Crippen molar-refractivity contribution in [3.05, 3.63) is 99.3 Å². The summed E-state index contributed by atoms with van der Waals surface area (Å²) in [5.41, 5.74) is 2.06. The summed E-state index contributed by atoms with van der Waals surface area (Å²) in [5, 5.41) is 11.2. The average Bonchev–Trinajstić information content (AvgIpc) is 3.36. The van der Waals surface area contributed by atoms with Crippen LogP contribution in [0.4, 0.5) is 9.52 Å². The third kappa shape index (κ3) is 4.45. The summed E-state index contributed by atoms with van der Waals surface area (Å²) in [7, 11) is 0. The monoisotopic (exact) mass is 506 g/mol. The number of amides is 1. The Morgan fingerprint density at radius 3 is 2.53 bits per heavy atom. The van der Waals surface area contributed by atoms with Crippen molar-refractivity contribution >= 4 is 39.9 Å². The second-order valence-electron chi connectivity index (χ2n) is 8.34. The Bertz CT molecular complexity index is 1420. The Morgan fingerprint density at radius 1 is 1.19 bits per heavy atom. The summed E-state index contributed by atoms with van der Waals surface area (Å²) in [6, 6.07) is 10.1. The van der Waals surface area contributed by atoms with Gasteiger partial charge in [0.25, 0.3) is 5.78 Å². The molecule has 0 aliphatic carbocycles. The largest absolute Gasteiger partial charge is 0.507 e. The first-order valence-corrected chi connectivity index (χ1v) is 11.8. The predicted octanol–water partition coefficient (Wildman–Crippen LogP) is 5.18. The molecule has 1 fully saturated rings. The van der Waals surface area contributed by atoms with E-state index in [0.717, 1.165) is 27.9 Å². The van der Waals surface area contributed by atoms with Gasteiger partial charge in [0.05, 0.1) is 17.3 Å². The van der Waals surface area contributed by atoms with Crippen LogP contribution in [0.25, 0.3) is 5.76 Å². The molecule has 1 aromatic heterocycles. The van der Waals surface area contributed by atoms with Crippen LogP contribution in [0, 0.1) is 26.6 Å². The molecule has 3 aromatic rings. The Labute approximate surface area is 211 Å². The minimum atomic E-state index is -1.04. The third-order valence-corrected chi connectivity index (χ3v) is 6.93. The van der Waals surface area contributed by atoms with Crippen molar-refractivity contribution in [2.45, 2.75) is 26.8 Å². The van der Waals surface area contributed by atoms with Gasteiger partial charge in [0.2, 0.25) is 0 Å². The van der Waals surface area contributed by atoms with Crippen molar-refractivity contribution in [2.24, 2.45) is 0 Å². The summed E-state index contributed by atoms with van der Waals surface area (Å²) in [6.45, 7) is 8.58. The number of carbonyl (C=O) groups is 3. The van der Waals surface area contributed by atoms with Gasteiger partial charge >= 0.3 is 11.9 Å². The highest BCUT2D eigenvalue weighted by atomic mass is 32.1. The van der Waals surface area contributed by atoms with Crippen LogP contribution < -0.4 is 4.90 Å². The van der Waals surface area contributed by atoms with Gasteiger partial charge in [-0.15, -0.1) is 0 Å². The molecule has 4 rings (SSSR count). The number of nitrogens with zero attached hydrogens (tertiary/aromatic N) is 2. The van der Waals surface area contributed by atoms with E-state index in [1.54, 1.807) is 26.0 Å². The van der Waals surface area contributed by atoms with Crippen LogP contribution in [0.2, 0.25) is 0 Å². The summed E-state index contributed by atoms with van der Waals surface area (Å²) in [5.74, 6) is -3.55. The van der Waals surface area contributed by atoms with E-state index in [0.29, 0.717) is 16.8 Å². The van der Waals surface area contributed by atoms with Crippen LogP contribution in [0.3, 0.4) is 0 Å². The van der Waals surface area contributed by atoms with Gasteiger partial charge in [-0.25, -0.2) is 14.2 Å². The number of aliphatic hydroxyl groups excluding tert-OH is 1. The van der Waals surface area contributed by atoms with Gasteiger partial charge < -0.3 is 9.84 Å². The van der Waals surface area contributed by atoms with E-state index in [-0.39, 0.29) is 27.8 Å². The molecule has 0 radical (unpaired) electrons. The standard InChI is InChI=1S/C27H23FN2O5S/c1-5-12-35-26(34)24-16(4)29-27(36-24)30-21(17-9-6-14(2)7-10-17)20(23(32)25(30)33)22(31)18-11-8-15(3)19(28)13-18/h5-11,13,21,31H,1,12H2,2-4H3. The van der Waals surface area contributed by atoms with E-state index in [1.165, 1.54) is 18.2 Å². The highest BCUT2D eigenvalue weighted by Gasteiger charge is 2.48. The van der Waals surface area contributed by atoms with Gasteiger partial charge in [-0.3, -0.25) is 14.5 Å². The van der Waals surface area contributed by atoms with Crippen LogP contribution in [-0.2, 0) is 14.3 Å². The molecule has 0 bridgehead atoms. The number of ketones is 1. The van der Waals surface area contributed by atoms with E-state index >= 15 is 0 Å². The van der Waals surface area contributed by atoms with Crippen molar-refractivity contribution in [1.82, 2.24) is 4.98 Å². The maximum Gasteiger partial charge on any atom is 0.350 e. The smallest absolute Gasteiger partial charge is 0.350 e. The quantitative estimate of drug-likeness (QED) is 0.163. The Balaban J connectivity index is 1.89. The van der Waals surface area contributed by atoms with E-state index in [1.807, 2.05) is 19.1 Å². The van der Waals surface area contributed by atoms with Crippen molar-refractivity contribution in [3.63, 3.8) is 0 Å². The number of aryl methyl sites for hydroxylation is 3.